The van der Waals surface area contributed by atoms with Gasteiger partial charge in [-0.25, -0.2) is 4.39 Å². The van der Waals surface area contributed by atoms with Gasteiger partial charge in [0.1, 0.15) is 5.82 Å². The fourth-order valence-electron chi connectivity index (χ4n) is 3.80. The summed E-state index contributed by atoms with van der Waals surface area (Å²) in [6.07, 6.45) is 6.50. The Hall–Kier alpha value is -1.38. The molecule has 2 nitrogen and oxygen atoms in total. The number of halogens is 1. The van der Waals surface area contributed by atoms with Gasteiger partial charge in [-0.2, -0.15) is 0 Å². The normalized spacial score (nSPS) is 26.2. The molecule has 2 unspecified atom stereocenters. The summed E-state index contributed by atoms with van der Waals surface area (Å²) in [5.41, 5.74) is 1.12. The molecule has 0 N–H and O–H groups in total. The first kappa shape index (κ1) is 13.6. The van der Waals surface area contributed by atoms with E-state index in [1.54, 1.807) is 12.1 Å². The Morgan fingerprint density at radius 2 is 1.95 bits per heavy atom. The Morgan fingerprint density at radius 1 is 1.20 bits per heavy atom. The largest absolute Gasteiger partial charge is 0.369 e. The number of ketones is 1. The molecule has 1 saturated carbocycles. The van der Waals surface area contributed by atoms with Crippen molar-refractivity contribution in [2.24, 2.45) is 11.8 Å². The average Bonchev–Trinajstić information content (AvgIpc) is 2.46. The van der Waals surface area contributed by atoms with Gasteiger partial charge in [-0.05, 0) is 49.8 Å². The van der Waals surface area contributed by atoms with E-state index in [0.717, 1.165) is 24.9 Å². The van der Waals surface area contributed by atoms with Crippen molar-refractivity contribution in [2.45, 2.75) is 39.0 Å². The van der Waals surface area contributed by atoms with Crippen LogP contribution in [-0.4, -0.2) is 18.9 Å². The van der Waals surface area contributed by atoms with Gasteiger partial charge in [0, 0.05) is 18.7 Å². The molecule has 0 aromatic heterocycles. The van der Waals surface area contributed by atoms with Crippen molar-refractivity contribution >= 4 is 11.5 Å². The topological polar surface area (TPSA) is 20.3 Å². The first-order valence-electron chi connectivity index (χ1n) is 7.70. The molecule has 0 amide bonds. The summed E-state index contributed by atoms with van der Waals surface area (Å²) in [6.45, 7) is 3.39. The molecule has 2 atom stereocenters. The number of nitrogens with zero attached hydrogens (tertiary/aromatic N) is 1. The zero-order valence-electron chi connectivity index (χ0n) is 12.1. The Bertz CT molecular complexity index is 514. The van der Waals surface area contributed by atoms with Gasteiger partial charge in [-0.1, -0.05) is 19.3 Å². The van der Waals surface area contributed by atoms with Crippen LogP contribution in [0.4, 0.5) is 10.1 Å². The van der Waals surface area contributed by atoms with Crippen molar-refractivity contribution in [3.8, 4) is 0 Å². The standard InChI is InChI=1S/C17H22FNO/c1-12(20)14-6-7-17(16(18)10-14)19-9-8-13-4-2-3-5-15(13)11-19/h6-7,10,13,15H,2-5,8-9,11H2,1H3. The molecule has 2 aliphatic rings. The van der Waals surface area contributed by atoms with E-state index in [4.69, 9.17) is 0 Å². The molecule has 1 heterocycles. The monoisotopic (exact) mass is 275 g/mol. The van der Waals surface area contributed by atoms with E-state index in [2.05, 4.69) is 4.90 Å². The van der Waals surface area contributed by atoms with Crippen LogP contribution >= 0.6 is 0 Å². The highest BCUT2D eigenvalue weighted by atomic mass is 19.1. The molecule has 108 valence electrons. The van der Waals surface area contributed by atoms with Gasteiger partial charge in [0.05, 0.1) is 5.69 Å². The molecular formula is C17H22FNO. The summed E-state index contributed by atoms with van der Waals surface area (Å²) < 4.78 is 14.2. The average molecular weight is 275 g/mol. The van der Waals surface area contributed by atoms with Crippen molar-refractivity contribution < 1.29 is 9.18 Å². The number of carbonyl (C=O) groups is 1. The molecule has 3 heteroatoms. The molecule has 1 aliphatic heterocycles. The molecule has 1 aliphatic carbocycles. The lowest BCUT2D eigenvalue weighted by molar-refractivity contribution is 0.101. The summed E-state index contributed by atoms with van der Waals surface area (Å²) in [7, 11) is 0. The zero-order chi connectivity index (χ0) is 14.1. The lowest BCUT2D eigenvalue weighted by atomic mass is 9.75. The van der Waals surface area contributed by atoms with Gasteiger partial charge in [-0.15, -0.1) is 0 Å². The third-order valence-corrected chi connectivity index (χ3v) is 4.99. The van der Waals surface area contributed by atoms with E-state index >= 15 is 0 Å². The number of carbonyl (C=O) groups excluding carboxylic acids is 1. The summed E-state index contributed by atoms with van der Waals surface area (Å²) in [5, 5.41) is 0. The predicted molar refractivity (Wildman–Crippen MR) is 78.7 cm³/mol. The third kappa shape index (κ3) is 2.58. The van der Waals surface area contributed by atoms with Gasteiger partial charge < -0.3 is 4.90 Å². The first-order chi connectivity index (χ1) is 9.65. The molecule has 3 rings (SSSR count). The molecule has 1 aromatic carbocycles. The van der Waals surface area contributed by atoms with Crippen LogP contribution in [0.25, 0.3) is 0 Å². The van der Waals surface area contributed by atoms with Gasteiger partial charge in [-0.3, -0.25) is 4.79 Å². The molecule has 0 radical (unpaired) electrons. The van der Waals surface area contributed by atoms with Gasteiger partial charge >= 0.3 is 0 Å². The summed E-state index contributed by atoms with van der Waals surface area (Å²) in [4.78, 5) is 13.5. The lowest BCUT2D eigenvalue weighted by Gasteiger charge is -2.42. The lowest BCUT2D eigenvalue weighted by Crippen LogP contribution is -2.42. The number of benzene rings is 1. The number of fused-ring (bicyclic) bond motifs is 1. The Morgan fingerprint density at radius 3 is 2.65 bits per heavy atom. The minimum atomic E-state index is -0.257. The molecule has 0 spiro atoms. The predicted octanol–water partition coefficient (Wildman–Crippen LogP) is 4.04. The van der Waals surface area contributed by atoms with E-state index in [0.29, 0.717) is 11.3 Å². The van der Waals surface area contributed by atoms with E-state index in [1.165, 1.54) is 45.1 Å². The smallest absolute Gasteiger partial charge is 0.159 e. The number of hydrogen-bond acceptors (Lipinski definition) is 2. The van der Waals surface area contributed by atoms with Crippen molar-refractivity contribution in [1.82, 2.24) is 0 Å². The van der Waals surface area contributed by atoms with Crippen LogP contribution in [0.2, 0.25) is 0 Å². The second kappa shape index (κ2) is 5.55. The highest BCUT2D eigenvalue weighted by molar-refractivity contribution is 5.94. The van der Waals surface area contributed by atoms with Crippen LogP contribution in [0.5, 0.6) is 0 Å². The third-order valence-electron chi connectivity index (χ3n) is 4.99. The van der Waals surface area contributed by atoms with Crippen LogP contribution in [0.1, 0.15) is 49.4 Å². The molecule has 1 saturated heterocycles. The molecular weight excluding hydrogens is 253 g/mol. The van der Waals surface area contributed by atoms with E-state index in [1.807, 2.05) is 0 Å². The highest BCUT2D eigenvalue weighted by Crippen LogP contribution is 2.38. The van der Waals surface area contributed by atoms with Gasteiger partial charge in [0.15, 0.2) is 5.78 Å². The van der Waals surface area contributed by atoms with E-state index in [-0.39, 0.29) is 11.6 Å². The Balaban J connectivity index is 1.78. The summed E-state index contributed by atoms with van der Waals surface area (Å²) in [6, 6.07) is 4.90. The van der Waals surface area contributed by atoms with Crippen LogP contribution in [0.15, 0.2) is 18.2 Å². The van der Waals surface area contributed by atoms with Crippen molar-refractivity contribution in [1.29, 1.82) is 0 Å². The minimum Gasteiger partial charge on any atom is -0.369 e. The van der Waals surface area contributed by atoms with Crippen LogP contribution in [0.3, 0.4) is 0 Å². The SMILES string of the molecule is CC(=O)c1ccc(N2CCC3CCCCC3C2)c(F)c1. The van der Waals surface area contributed by atoms with E-state index in [9.17, 15) is 9.18 Å². The van der Waals surface area contributed by atoms with Crippen molar-refractivity contribution in [2.75, 3.05) is 18.0 Å². The minimum absolute atomic E-state index is 0.0820. The fraction of sp³-hybridized carbons (Fsp3) is 0.588. The first-order valence-corrected chi connectivity index (χ1v) is 7.70. The van der Waals surface area contributed by atoms with Crippen LogP contribution in [-0.2, 0) is 0 Å². The highest BCUT2D eigenvalue weighted by Gasteiger charge is 2.31. The van der Waals surface area contributed by atoms with Crippen LogP contribution < -0.4 is 4.90 Å². The maximum atomic E-state index is 14.2. The number of hydrogen-bond donors (Lipinski definition) is 0. The number of anilines is 1. The second-order valence-corrected chi connectivity index (χ2v) is 6.26. The quantitative estimate of drug-likeness (QED) is 0.759. The molecule has 0 bridgehead atoms. The van der Waals surface area contributed by atoms with Gasteiger partial charge in [0.2, 0.25) is 0 Å². The zero-order valence-corrected chi connectivity index (χ0v) is 12.1. The second-order valence-electron chi connectivity index (χ2n) is 6.26. The molecule has 20 heavy (non-hydrogen) atoms. The Kier molecular flexibility index (Phi) is 3.77. The number of piperidine rings is 1. The maximum Gasteiger partial charge on any atom is 0.159 e. The van der Waals surface area contributed by atoms with Crippen molar-refractivity contribution in [3.63, 3.8) is 0 Å². The molecule has 2 fully saturated rings. The van der Waals surface area contributed by atoms with Crippen LogP contribution in [0, 0.1) is 17.7 Å². The fourth-order valence-corrected chi connectivity index (χ4v) is 3.80. The maximum absolute atomic E-state index is 14.2. The van der Waals surface area contributed by atoms with E-state index < -0.39 is 0 Å². The summed E-state index contributed by atoms with van der Waals surface area (Å²) >= 11 is 0. The van der Waals surface area contributed by atoms with Crippen molar-refractivity contribution in [3.05, 3.63) is 29.6 Å². The number of rotatable bonds is 2. The van der Waals surface area contributed by atoms with Gasteiger partial charge in [0.25, 0.3) is 0 Å². The molecule has 1 aromatic rings. The summed E-state index contributed by atoms with van der Waals surface area (Å²) in [5.74, 6) is 1.23. The Labute approximate surface area is 120 Å². The number of Topliss-reactive ketones (excluding diaryl/α,β-unsaturated/α-hetero) is 1.